The summed E-state index contributed by atoms with van der Waals surface area (Å²) < 4.78 is 0. The molecule has 0 atom stereocenters. The Bertz CT molecular complexity index is 396. The van der Waals surface area contributed by atoms with Crippen molar-refractivity contribution in [2.24, 2.45) is 0 Å². The van der Waals surface area contributed by atoms with Gasteiger partial charge in [0.05, 0.1) is 11.1 Å². The van der Waals surface area contributed by atoms with Crippen molar-refractivity contribution in [3.05, 3.63) is 22.8 Å². The van der Waals surface area contributed by atoms with E-state index in [1.165, 1.54) is 6.07 Å². The Balaban J connectivity index is 3.43. The molecule has 0 amide bonds. The summed E-state index contributed by atoms with van der Waals surface area (Å²) in [6, 6.07) is 1.34. The van der Waals surface area contributed by atoms with Crippen LogP contribution in [-0.2, 0) is 6.42 Å². The van der Waals surface area contributed by atoms with Crippen LogP contribution >= 0.6 is 0 Å². The minimum absolute atomic E-state index is 0.0803. The summed E-state index contributed by atoms with van der Waals surface area (Å²) in [6.07, 6.45) is 2.16. The fourth-order valence-electron chi connectivity index (χ4n) is 1.46. The number of aldehydes is 2. The molecule has 80 valence electrons. The highest BCUT2D eigenvalue weighted by molar-refractivity contribution is 5.92. The number of benzene rings is 1. The van der Waals surface area contributed by atoms with E-state index < -0.39 is 5.75 Å². The number of phenols is 2. The van der Waals surface area contributed by atoms with E-state index in [9.17, 15) is 19.8 Å². The lowest BCUT2D eigenvalue weighted by Gasteiger charge is -2.09. The van der Waals surface area contributed by atoms with Gasteiger partial charge < -0.3 is 10.2 Å². The molecule has 1 aromatic rings. The first-order valence-electron chi connectivity index (χ1n) is 4.63. The number of aryl methyl sites for hydroxylation is 1. The summed E-state index contributed by atoms with van der Waals surface area (Å²) in [4.78, 5) is 21.3. The molecular formula is C11H12O4. The van der Waals surface area contributed by atoms with Crippen molar-refractivity contribution in [2.45, 2.75) is 19.8 Å². The molecule has 0 unspecified atom stereocenters. The van der Waals surface area contributed by atoms with E-state index >= 15 is 0 Å². The largest absolute Gasteiger partial charge is 0.507 e. The molecule has 15 heavy (non-hydrogen) atoms. The van der Waals surface area contributed by atoms with E-state index in [0.717, 1.165) is 6.42 Å². The van der Waals surface area contributed by atoms with Crippen LogP contribution in [0.2, 0.25) is 0 Å². The first-order chi connectivity index (χ1) is 7.15. The van der Waals surface area contributed by atoms with Crippen molar-refractivity contribution in [1.82, 2.24) is 0 Å². The molecule has 0 aliphatic heterocycles. The van der Waals surface area contributed by atoms with Crippen LogP contribution in [0.25, 0.3) is 0 Å². The molecule has 0 fully saturated rings. The Hall–Kier alpha value is -1.84. The Morgan fingerprint density at radius 2 is 1.80 bits per heavy atom. The van der Waals surface area contributed by atoms with Gasteiger partial charge in [-0.15, -0.1) is 0 Å². The number of aromatic hydroxyl groups is 2. The summed E-state index contributed by atoms with van der Waals surface area (Å²) in [7, 11) is 0. The summed E-state index contributed by atoms with van der Waals surface area (Å²) in [5.74, 6) is -0.736. The predicted octanol–water partition coefficient (Wildman–Crippen LogP) is 1.68. The molecular weight excluding hydrogens is 196 g/mol. The molecule has 4 heteroatoms. The molecule has 4 nitrogen and oxygen atoms in total. The Morgan fingerprint density at radius 3 is 2.27 bits per heavy atom. The Kier molecular flexibility index (Phi) is 3.44. The number of hydrogen-bond acceptors (Lipinski definition) is 4. The molecule has 0 spiro atoms. The third-order valence-electron chi connectivity index (χ3n) is 2.20. The predicted molar refractivity (Wildman–Crippen MR) is 54.5 cm³/mol. The number of rotatable bonds is 4. The fourth-order valence-corrected chi connectivity index (χ4v) is 1.46. The van der Waals surface area contributed by atoms with Gasteiger partial charge in [0, 0.05) is 0 Å². The first kappa shape index (κ1) is 11.2. The zero-order valence-electron chi connectivity index (χ0n) is 8.36. The average Bonchev–Trinajstić information content (AvgIpc) is 2.19. The first-order valence-corrected chi connectivity index (χ1v) is 4.63. The van der Waals surface area contributed by atoms with Crippen LogP contribution in [-0.4, -0.2) is 22.8 Å². The molecule has 0 aromatic heterocycles. The van der Waals surface area contributed by atoms with Gasteiger partial charge >= 0.3 is 0 Å². The normalized spacial score (nSPS) is 9.93. The topological polar surface area (TPSA) is 74.6 Å². The van der Waals surface area contributed by atoms with Crippen molar-refractivity contribution >= 4 is 12.6 Å². The van der Waals surface area contributed by atoms with Gasteiger partial charge in [0.2, 0.25) is 0 Å². The molecule has 0 bridgehead atoms. The Labute approximate surface area is 87.2 Å². The molecule has 0 saturated carbocycles. The molecule has 0 heterocycles. The van der Waals surface area contributed by atoms with Crippen LogP contribution in [0.1, 0.15) is 39.6 Å². The van der Waals surface area contributed by atoms with Crippen LogP contribution in [0.15, 0.2) is 6.07 Å². The highest BCUT2D eigenvalue weighted by Gasteiger charge is 2.15. The fraction of sp³-hybridized carbons (Fsp3) is 0.273. The van der Waals surface area contributed by atoms with Gasteiger partial charge in [0.1, 0.15) is 11.5 Å². The standard InChI is InChI=1S/C11H12O4/c1-2-3-7-4-10(14)9(6-13)11(15)8(7)5-12/h4-6,14-15H,2-3H2,1H3. The zero-order chi connectivity index (χ0) is 11.4. The van der Waals surface area contributed by atoms with Gasteiger partial charge in [0.25, 0.3) is 0 Å². The van der Waals surface area contributed by atoms with E-state index in [2.05, 4.69) is 0 Å². The van der Waals surface area contributed by atoms with E-state index in [-0.39, 0.29) is 16.9 Å². The van der Waals surface area contributed by atoms with Gasteiger partial charge in [-0.3, -0.25) is 9.59 Å². The van der Waals surface area contributed by atoms with Crippen molar-refractivity contribution in [3.63, 3.8) is 0 Å². The summed E-state index contributed by atoms with van der Waals surface area (Å²) in [6.45, 7) is 1.91. The molecule has 1 aromatic carbocycles. The maximum atomic E-state index is 10.7. The van der Waals surface area contributed by atoms with Crippen molar-refractivity contribution in [1.29, 1.82) is 0 Å². The maximum Gasteiger partial charge on any atom is 0.157 e. The summed E-state index contributed by atoms with van der Waals surface area (Å²) >= 11 is 0. The van der Waals surface area contributed by atoms with Crippen molar-refractivity contribution in [3.8, 4) is 11.5 Å². The van der Waals surface area contributed by atoms with Gasteiger partial charge in [-0.1, -0.05) is 13.3 Å². The van der Waals surface area contributed by atoms with E-state index in [1.807, 2.05) is 6.92 Å². The maximum absolute atomic E-state index is 10.7. The van der Waals surface area contributed by atoms with Gasteiger partial charge in [-0.05, 0) is 18.1 Å². The third-order valence-corrected chi connectivity index (χ3v) is 2.20. The van der Waals surface area contributed by atoms with E-state index in [1.54, 1.807) is 0 Å². The van der Waals surface area contributed by atoms with Gasteiger partial charge in [-0.2, -0.15) is 0 Å². The SMILES string of the molecule is CCCc1cc(O)c(C=O)c(O)c1C=O. The number of carbonyl (C=O) groups excluding carboxylic acids is 2. The number of carbonyl (C=O) groups is 2. The second kappa shape index (κ2) is 4.59. The lowest BCUT2D eigenvalue weighted by Crippen LogP contribution is -1.97. The highest BCUT2D eigenvalue weighted by atomic mass is 16.3. The van der Waals surface area contributed by atoms with Gasteiger partial charge in [-0.25, -0.2) is 0 Å². The summed E-state index contributed by atoms with van der Waals surface area (Å²) in [5.41, 5.74) is 0.391. The molecule has 0 saturated heterocycles. The number of hydrogen-bond donors (Lipinski definition) is 2. The highest BCUT2D eigenvalue weighted by Crippen LogP contribution is 2.31. The molecule has 0 aliphatic carbocycles. The monoisotopic (exact) mass is 208 g/mol. The lowest BCUT2D eigenvalue weighted by atomic mass is 9.99. The quantitative estimate of drug-likeness (QED) is 0.738. The van der Waals surface area contributed by atoms with Crippen molar-refractivity contribution < 1.29 is 19.8 Å². The van der Waals surface area contributed by atoms with Crippen LogP contribution in [0.4, 0.5) is 0 Å². The molecule has 0 radical (unpaired) electrons. The van der Waals surface area contributed by atoms with Crippen LogP contribution < -0.4 is 0 Å². The second-order valence-corrected chi connectivity index (χ2v) is 3.22. The average molecular weight is 208 g/mol. The summed E-state index contributed by atoms with van der Waals surface area (Å²) in [5, 5.41) is 19.0. The molecule has 1 rings (SSSR count). The minimum atomic E-state index is -0.441. The smallest absolute Gasteiger partial charge is 0.157 e. The van der Waals surface area contributed by atoms with Crippen LogP contribution in [0.5, 0.6) is 11.5 Å². The molecule has 2 N–H and O–H groups in total. The van der Waals surface area contributed by atoms with Crippen LogP contribution in [0, 0.1) is 0 Å². The molecule has 0 aliphatic rings. The zero-order valence-corrected chi connectivity index (χ0v) is 8.36. The lowest BCUT2D eigenvalue weighted by molar-refractivity contribution is 0.111. The van der Waals surface area contributed by atoms with E-state index in [4.69, 9.17) is 0 Å². The van der Waals surface area contributed by atoms with Gasteiger partial charge in [0.15, 0.2) is 12.6 Å². The van der Waals surface area contributed by atoms with E-state index in [0.29, 0.717) is 24.6 Å². The second-order valence-electron chi connectivity index (χ2n) is 3.22. The Morgan fingerprint density at radius 1 is 1.20 bits per heavy atom. The number of phenolic OH excluding ortho intramolecular Hbond substituents is 2. The minimum Gasteiger partial charge on any atom is -0.507 e. The van der Waals surface area contributed by atoms with Crippen LogP contribution in [0.3, 0.4) is 0 Å². The van der Waals surface area contributed by atoms with Crippen molar-refractivity contribution in [2.75, 3.05) is 0 Å². The third kappa shape index (κ3) is 1.98.